The second-order valence-electron chi connectivity index (χ2n) is 2.92. The normalized spacial score (nSPS) is 10.1. The minimum atomic E-state index is -0.429. The minimum Gasteiger partial charge on any atom is -0.324 e. The Morgan fingerprint density at radius 1 is 1.60 bits per heavy atom. The van der Waals surface area contributed by atoms with Gasteiger partial charge in [-0.1, -0.05) is 15.9 Å². The maximum Gasteiger partial charge on any atom is 0.225 e. The third-order valence-electron chi connectivity index (χ3n) is 1.74. The highest BCUT2D eigenvalue weighted by Gasteiger charge is 2.06. The lowest BCUT2D eigenvalue weighted by molar-refractivity contribution is -0.115. The molecule has 0 radical (unpaired) electrons. The van der Waals surface area contributed by atoms with Gasteiger partial charge in [-0.05, 0) is 24.5 Å². The summed E-state index contributed by atoms with van der Waals surface area (Å²) in [5.74, 6) is 0.150. The van der Waals surface area contributed by atoms with Crippen molar-refractivity contribution in [2.24, 2.45) is 0 Å². The van der Waals surface area contributed by atoms with Crippen LogP contribution in [0.3, 0.4) is 0 Å². The Morgan fingerprint density at radius 3 is 2.93 bits per heavy atom. The molecule has 0 unspecified atom stereocenters. The van der Waals surface area contributed by atoms with Gasteiger partial charge >= 0.3 is 0 Å². The van der Waals surface area contributed by atoms with Crippen LogP contribution in [0.1, 0.15) is 6.42 Å². The molecule has 0 fully saturated rings. The van der Waals surface area contributed by atoms with Crippen LogP contribution < -0.4 is 5.32 Å². The maximum atomic E-state index is 13.3. The summed E-state index contributed by atoms with van der Waals surface area (Å²) >= 11 is 4.73. The number of halogens is 2. The number of thioether (sulfide) groups is 1. The molecule has 15 heavy (non-hydrogen) atoms. The molecule has 0 aliphatic carbocycles. The van der Waals surface area contributed by atoms with E-state index in [9.17, 15) is 9.18 Å². The average Bonchev–Trinajstić information content (AvgIpc) is 2.19. The third kappa shape index (κ3) is 4.22. The summed E-state index contributed by atoms with van der Waals surface area (Å²) in [6, 6.07) is 4.55. The molecule has 1 aromatic carbocycles. The zero-order valence-corrected chi connectivity index (χ0v) is 10.6. The number of hydrogen-bond acceptors (Lipinski definition) is 2. The van der Waals surface area contributed by atoms with Crippen molar-refractivity contribution < 1.29 is 9.18 Å². The van der Waals surface area contributed by atoms with E-state index in [1.165, 1.54) is 12.1 Å². The smallest absolute Gasteiger partial charge is 0.225 e. The molecule has 0 atom stereocenters. The molecule has 0 saturated heterocycles. The molecule has 0 aromatic heterocycles. The average molecular weight is 292 g/mol. The van der Waals surface area contributed by atoms with Gasteiger partial charge in [0.25, 0.3) is 0 Å². The number of hydrogen-bond donors (Lipinski definition) is 1. The topological polar surface area (TPSA) is 29.1 Å². The van der Waals surface area contributed by atoms with E-state index in [4.69, 9.17) is 0 Å². The number of nitrogens with one attached hydrogen (secondary N) is 1. The van der Waals surface area contributed by atoms with Crippen LogP contribution in [0.15, 0.2) is 22.7 Å². The second kappa shape index (κ2) is 6.12. The van der Waals surface area contributed by atoms with Gasteiger partial charge in [0.2, 0.25) is 5.91 Å². The summed E-state index contributed by atoms with van der Waals surface area (Å²) in [6.07, 6.45) is 2.32. The van der Waals surface area contributed by atoms with Crippen LogP contribution in [-0.4, -0.2) is 17.9 Å². The fraction of sp³-hybridized carbons (Fsp3) is 0.300. The first-order valence-electron chi connectivity index (χ1n) is 4.37. The number of benzene rings is 1. The van der Waals surface area contributed by atoms with Crippen molar-refractivity contribution in [2.45, 2.75) is 6.42 Å². The van der Waals surface area contributed by atoms with Crippen LogP contribution in [-0.2, 0) is 4.79 Å². The molecule has 0 bridgehead atoms. The minimum absolute atomic E-state index is 0.162. The standard InChI is InChI=1S/C10H11BrFNOS/c1-15-5-4-10(14)13-9-3-2-7(11)6-8(9)12/h2-3,6H,4-5H2,1H3,(H,13,14). The number of carbonyl (C=O) groups excluding carboxylic acids is 1. The van der Waals surface area contributed by atoms with Gasteiger partial charge in [-0.15, -0.1) is 0 Å². The van der Waals surface area contributed by atoms with Gasteiger partial charge in [-0.2, -0.15) is 11.8 Å². The second-order valence-corrected chi connectivity index (χ2v) is 4.82. The van der Waals surface area contributed by atoms with E-state index in [2.05, 4.69) is 21.2 Å². The van der Waals surface area contributed by atoms with Crippen LogP contribution >= 0.6 is 27.7 Å². The Morgan fingerprint density at radius 2 is 2.33 bits per heavy atom. The lowest BCUT2D eigenvalue weighted by atomic mass is 10.3. The highest BCUT2D eigenvalue weighted by atomic mass is 79.9. The molecule has 0 heterocycles. The molecule has 1 N–H and O–H groups in total. The van der Waals surface area contributed by atoms with E-state index in [0.717, 1.165) is 5.75 Å². The summed E-state index contributed by atoms with van der Waals surface area (Å²) in [6.45, 7) is 0. The van der Waals surface area contributed by atoms with Gasteiger partial charge in [0.15, 0.2) is 0 Å². The Balaban J connectivity index is 2.60. The summed E-state index contributed by atoms with van der Waals surface area (Å²) in [5, 5.41) is 2.52. The van der Waals surface area contributed by atoms with E-state index in [1.54, 1.807) is 17.8 Å². The largest absolute Gasteiger partial charge is 0.324 e. The lowest BCUT2D eigenvalue weighted by Gasteiger charge is -2.05. The molecule has 1 rings (SSSR count). The van der Waals surface area contributed by atoms with Gasteiger partial charge in [-0.25, -0.2) is 4.39 Å². The number of anilines is 1. The fourth-order valence-corrected chi connectivity index (χ4v) is 1.72. The van der Waals surface area contributed by atoms with Gasteiger partial charge in [0.05, 0.1) is 5.69 Å². The molecule has 5 heteroatoms. The van der Waals surface area contributed by atoms with Gasteiger partial charge in [0, 0.05) is 16.6 Å². The molecule has 2 nitrogen and oxygen atoms in total. The van der Waals surface area contributed by atoms with Crippen molar-refractivity contribution in [1.82, 2.24) is 0 Å². The molecular weight excluding hydrogens is 281 g/mol. The Hall–Kier alpha value is -0.550. The van der Waals surface area contributed by atoms with Crippen molar-refractivity contribution in [3.05, 3.63) is 28.5 Å². The summed E-state index contributed by atoms with van der Waals surface area (Å²) in [4.78, 5) is 11.3. The Bertz CT molecular complexity index is 359. The first-order chi connectivity index (χ1) is 7.13. The van der Waals surface area contributed by atoms with Crippen molar-refractivity contribution in [3.63, 3.8) is 0 Å². The van der Waals surface area contributed by atoms with Crippen molar-refractivity contribution in [1.29, 1.82) is 0 Å². The zero-order valence-electron chi connectivity index (χ0n) is 8.22. The molecule has 82 valence electrons. The van der Waals surface area contributed by atoms with Crippen LogP contribution in [0.5, 0.6) is 0 Å². The van der Waals surface area contributed by atoms with Crippen molar-refractivity contribution in [2.75, 3.05) is 17.3 Å². The summed E-state index contributed by atoms with van der Waals surface area (Å²) in [7, 11) is 0. The predicted octanol–water partition coefficient (Wildman–Crippen LogP) is 3.28. The number of carbonyl (C=O) groups is 1. The first-order valence-corrected chi connectivity index (χ1v) is 6.56. The molecule has 1 amide bonds. The van der Waals surface area contributed by atoms with E-state index >= 15 is 0 Å². The Labute approximate surface area is 101 Å². The van der Waals surface area contributed by atoms with E-state index < -0.39 is 5.82 Å². The predicted molar refractivity (Wildman–Crippen MR) is 65.7 cm³/mol. The van der Waals surface area contributed by atoms with Crippen LogP contribution in [0.25, 0.3) is 0 Å². The van der Waals surface area contributed by atoms with E-state index in [1.807, 2.05) is 6.26 Å². The first kappa shape index (κ1) is 12.5. The maximum absolute atomic E-state index is 13.3. The van der Waals surface area contributed by atoms with Gasteiger partial charge < -0.3 is 5.32 Å². The number of rotatable bonds is 4. The van der Waals surface area contributed by atoms with E-state index in [0.29, 0.717) is 10.9 Å². The summed E-state index contributed by atoms with van der Waals surface area (Å²) < 4.78 is 13.9. The lowest BCUT2D eigenvalue weighted by Crippen LogP contribution is -2.13. The van der Waals surface area contributed by atoms with Crippen molar-refractivity contribution >= 4 is 39.3 Å². The highest BCUT2D eigenvalue weighted by Crippen LogP contribution is 2.19. The summed E-state index contributed by atoms with van der Waals surface area (Å²) in [5.41, 5.74) is 0.226. The van der Waals surface area contributed by atoms with Crippen LogP contribution in [0.4, 0.5) is 10.1 Å². The molecule has 0 aliphatic rings. The molecule has 0 saturated carbocycles. The van der Waals surface area contributed by atoms with E-state index in [-0.39, 0.29) is 11.6 Å². The third-order valence-corrected chi connectivity index (χ3v) is 2.84. The molecule has 0 aliphatic heterocycles. The molecular formula is C10H11BrFNOS. The Kier molecular flexibility index (Phi) is 5.11. The van der Waals surface area contributed by atoms with Gasteiger partial charge in [0.1, 0.15) is 5.82 Å². The highest BCUT2D eigenvalue weighted by molar-refractivity contribution is 9.10. The number of amides is 1. The zero-order chi connectivity index (χ0) is 11.3. The monoisotopic (exact) mass is 291 g/mol. The quantitative estimate of drug-likeness (QED) is 0.922. The molecule has 1 aromatic rings. The van der Waals surface area contributed by atoms with Gasteiger partial charge in [-0.3, -0.25) is 4.79 Å². The van der Waals surface area contributed by atoms with Crippen LogP contribution in [0.2, 0.25) is 0 Å². The SMILES string of the molecule is CSCCC(=O)Nc1ccc(Br)cc1F. The van der Waals surface area contributed by atoms with Crippen molar-refractivity contribution in [3.8, 4) is 0 Å². The molecule has 0 spiro atoms. The fourth-order valence-electron chi connectivity index (χ4n) is 0.998. The van der Waals surface area contributed by atoms with Crippen LogP contribution in [0, 0.1) is 5.82 Å².